The zero-order valence-corrected chi connectivity index (χ0v) is 17.0. The molecule has 0 unspecified atom stereocenters. The van der Waals surface area contributed by atoms with Gasteiger partial charge < -0.3 is 15.4 Å². The van der Waals surface area contributed by atoms with Crippen LogP contribution < -0.4 is 10.6 Å². The second-order valence-electron chi connectivity index (χ2n) is 8.01. The SMILES string of the molecule is Cc1cccc(C(C)C)c1NC(=O)COC(=O)CN1C(=O)NC2(CCCC2)C1=O. The molecule has 0 radical (unpaired) electrons. The Labute approximate surface area is 170 Å². The van der Waals surface area contributed by atoms with Gasteiger partial charge in [0.1, 0.15) is 12.1 Å². The highest BCUT2D eigenvalue weighted by Crippen LogP contribution is 2.35. The molecule has 1 aromatic carbocycles. The van der Waals surface area contributed by atoms with Crippen molar-refractivity contribution in [3.05, 3.63) is 29.3 Å². The smallest absolute Gasteiger partial charge is 0.326 e. The van der Waals surface area contributed by atoms with Gasteiger partial charge in [-0.2, -0.15) is 0 Å². The Bertz CT molecular complexity index is 843. The van der Waals surface area contributed by atoms with Crippen LogP contribution in [0, 0.1) is 6.92 Å². The maximum absolute atomic E-state index is 12.5. The lowest BCUT2D eigenvalue weighted by molar-refractivity contribution is -0.150. The van der Waals surface area contributed by atoms with Crippen molar-refractivity contribution in [1.29, 1.82) is 0 Å². The van der Waals surface area contributed by atoms with E-state index in [0.717, 1.165) is 28.9 Å². The van der Waals surface area contributed by atoms with Crippen LogP contribution in [0.4, 0.5) is 10.5 Å². The van der Waals surface area contributed by atoms with E-state index < -0.39 is 36.6 Å². The lowest BCUT2D eigenvalue weighted by Crippen LogP contribution is -2.44. The molecule has 1 aliphatic heterocycles. The van der Waals surface area contributed by atoms with Crippen molar-refractivity contribution in [2.75, 3.05) is 18.5 Å². The summed E-state index contributed by atoms with van der Waals surface area (Å²) in [5.74, 6) is -1.44. The monoisotopic (exact) mass is 401 g/mol. The number of hydrogen-bond acceptors (Lipinski definition) is 5. The van der Waals surface area contributed by atoms with Crippen molar-refractivity contribution in [3.8, 4) is 0 Å². The van der Waals surface area contributed by atoms with Crippen LogP contribution in [0.25, 0.3) is 0 Å². The lowest BCUT2D eigenvalue weighted by atomic mass is 9.98. The molecule has 1 spiro atoms. The number of nitrogens with zero attached hydrogens (tertiary/aromatic N) is 1. The molecule has 2 fully saturated rings. The number of ether oxygens (including phenoxy) is 1. The van der Waals surface area contributed by atoms with E-state index in [1.807, 2.05) is 39.0 Å². The van der Waals surface area contributed by atoms with Crippen LogP contribution >= 0.6 is 0 Å². The van der Waals surface area contributed by atoms with Crippen LogP contribution in [0.1, 0.15) is 56.6 Å². The number of rotatable bonds is 6. The molecule has 3 rings (SSSR count). The fourth-order valence-corrected chi connectivity index (χ4v) is 3.98. The van der Waals surface area contributed by atoms with Gasteiger partial charge in [-0.1, -0.05) is 44.9 Å². The van der Waals surface area contributed by atoms with E-state index in [0.29, 0.717) is 18.5 Å². The summed E-state index contributed by atoms with van der Waals surface area (Å²) >= 11 is 0. The standard InChI is InChI=1S/C21H27N3O5/c1-13(2)15-8-6-7-14(3)18(15)22-16(25)12-29-17(26)11-24-19(27)21(23-20(24)28)9-4-5-10-21/h6-8,13H,4-5,9-12H2,1-3H3,(H,22,25)(H,23,28). The minimum Gasteiger partial charge on any atom is -0.454 e. The van der Waals surface area contributed by atoms with Crippen LogP contribution in [0.3, 0.4) is 0 Å². The van der Waals surface area contributed by atoms with E-state index in [1.54, 1.807) is 0 Å². The minimum absolute atomic E-state index is 0.218. The van der Waals surface area contributed by atoms with Crippen molar-refractivity contribution < 1.29 is 23.9 Å². The molecule has 0 aromatic heterocycles. The van der Waals surface area contributed by atoms with Gasteiger partial charge in [-0.05, 0) is 36.8 Å². The summed E-state index contributed by atoms with van der Waals surface area (Å²) in [6.07, 6.45) is 2.89. The molecule has 1 aliphatic carbocycles. The number of benzene rings is 1. The van der Waals surface area contributed by atoms with Crippen LogP contribution in [-0.2, 0) is 19.1 Å². The van der Waals surface area contributed by atoms with E-state index in [9.17, 15) is 19.2 Å². The average molecular weight is 401 g/mol. The molecule has 29 heavy (non-hydrogen) atoms. The van der Waals surface area contributed by atoms with Gasteiger partial charge in [0, 0.05) is 5.69 Å². The predicted molar refractivity (Wildman–Crippen MR) is 106 cm³/mol. The Kier molecular flexibility index (Phi) is 5.91. The molecule has 156 valence electrons. The van der Waals surface area contributed by atoms with Crippen molar-refractivity contribution in [3.63, 3.8) is 0 Å². The normalized spacial score (nSPS) is 17.7. The first-order chi connectivity index (χ1) is 13.7. The van der Waals surface area contributed by atoms with E-state index >= 15 is 0 Å². The minimum atomic E-state index is -0.868. The Morgan fingerprint density at radius 3 is 2.59 bits per heavy atom. The highest BCUT2D eigenvalue weighted by molar-refractivity contribution is 6.09. The molecule has 2 N–H and O–H groups in total. The molecule has 0 bridgehead atoms. The van der Waals surface area contributed by atoms with E-state index in [1.165, 1.54) is 0 Å². The number of imide groups is 1. The molecule has 8 nitrogen and oxygen atoms in total. The average Bonchev–Trinajstić information content (AvgIpc) is 3.22. The number of hydrogen-bond donors (Lipinski definition) is 2. The molecule has 1 saturated heterocycles. The zero-order valence-electron chi connectivity index (χ0n) is 17.0. The summed E-state index contributed by atoms with van der Waals surface area (Å²) in [5.41, 5.74) is 1.75. The number of urea groups is 1. The van der Waals surface area contributed by atoms with E-state index in [-0.39, 0.29) is 11.8 Å². The Morgan fingerprint density at radius 1 is 1.24 bits per heavy atom. The maximum Gasteiger partial charge on any atom is 0.326 e. The number of esters is 1. The van der Waals surface area contributed by atoms with Gasteiger partial charge in [0.15, 0.2) is 6.61 Å². The summed E-state index contributed by atoms with van der Waals surface area (Å²) in [7, 11) is 0. The van der Waals surface area contributed by atoms with E-state index in [4.69, 9.17) is 4.74 Å². The Morgan fingerprint density at radius 2 is 1.93 bits per heavy atom. The van der Waals surface area contributed by atoms with Gasteiger partial charge in [0.05, 0.1) is 0 Å². The van der Waals surface area contributed by atoms with Crippen LogP contribution in [0.2, 0.25) is 0 Å². The van der Waals surface area contributed by atoms with Crippen LogP contribution in [0.15, 0.2) is 18.2 Å². The molecule has 1 aromatic rings. The number of carbonyl (C=O) groups is 4. The first-order valence-corrected chi connectivity index (χ1v) is 9.92. The molecular formula is C21H27N3O5. The fraction of sp³-hybridized carbons (Fsp3) is 0.524. The second-order valence-corrected chi connectivity index (χ2v) is 8.01. The van der Waals surface area contributed by atoms with Crippen molar-refractivity contribution in [2.24, 2.45) is 0 Å². The number of para-hydroxylation sites is 1. The zero-order chi connectivity index (χ0) is 21.2. The van der Waals surface area contributed by atoms with Gasteiger partial charge in [-0.3, -0.25) is 19.3 Å². The van der Waals surface area contributed by atoms with Crippen LogP contribution in [-0.4, -0.2) is 47.4 Å². The van der Waals surface area contributed by atoms with Gasteiger partial charge in [-0.15, -0.1) is 0 Å². The van der Waals surface area contributed by atoms with Crippen molar-refractivity contribution in [1.82, 2.24) is 10.2 Å². The fourth-order valence-electron chi connectivity index (χ4n) is 3.98. The molecule has 8 heteroatoms. The van der Waals surface area contributed by atoms with Crippen molar-refractivity contribution in [2.45, 2.75) is 57.9 Å². The van der Waals surface area contributed by atoms with Gasteiger partial charge >= 0.3 is 12.0 Å². The van der Waals surface area contributed by atoms with E-state index in [2.05, 4.69) is 10.6 Å². The quantitative estimate of drug-likeness (QED) is 0.563. The molecule has 2 aliphatic rings. The number of aryl methyl sites for hydroxylation is 1. The Balaban J connectivity index is 1.54. The third kappa shape index (κ3) is 4.26. The first-order valence-electron chi connectivity index (χ1n) is 9.92. The second kappa shape index (κ2) is 8.23. The van der Waals surface area contributed by atoms with Crippen LogP contribution in [0.5, 0.6) is 0 Å². The highest BCUT2D eigenvalue weighted by Gasteiger charge is 2.52. The number of nitrogens with one attached hydrogen (secondary N) is 2. The summed E-state index contributed by atoms with van der Waals surface area (Å²) < 4.78 is 5.00. The number of amides is 4. The summed E-state index contributed by atoms with van der Waals surface area (Å²) in [4.78, 5) is 49.9. The van der Waals surface area contributed by atoms with Gasteiger partial charge in [-0.25, -0.2) is 4.79 Å². The van der Waals surface area contributed by atoms with Gasteiger partial charge in [0.25, 0.3) is 11.8 Å². The topological polar surface area (TPSA) is 105 Å². The highest BCUT2D eigenvalue weighted by atomic mass is 16.5. The first kappa shape index (κ1) is 20.8. The molecule has 4 amide bonds. The summed E-state index contributed by atoms with van der Waals surface area (Å²) in [6.45, 7) is 4.96. The van der Waals surface area contributed by atoms with Crippen molar-refractivity contribution >= 4 is 29.5 Å². The molecule has 1 saturated carbocycles. The molecular weight excluding hydrogens is 374 g/mol. The summed E-state index contributed by atoms with van der Waals surface area (Å²) in [5, 5.41) is 5.50. The number of carbonyl (C=O) groups excluding carboxylic acids is 4. The molecule has 0 atom stereocenters. The Hall–Kier alpha value is -2.90. The maximum atomic E-state index is 12.5. The number of anilines is 1. The lowest BCUT2D eigenvalue weighted by Gasteiger charge is -2.19. The third-order valence-corrected chi connectivity index (χ3v) is 5.55. The van der Waals surface area contributed by atoms with Gasteiger partial charge in [0.2, 0.25) is 0 Å². The molecule has 1 heterocycles. The largest absolute Gasteiger partial charge is 0.454 e. The summed E-state index contributed by atoms with van der Waals surface area (Å²) in [6, 6.07) is 5.18. The third-order valence-electron chi connectivity index (χ3n) is 5.55. The predicted octanol–water partition coefficient (Wildman–Crippen LogP) is 2.46.